The Bertz CT molecular complexity index is 938. The van der Waals surface area contributed by atoms with Gasteiger partial charge in [-0.05, 0) is 62.4 Å². The Morgan fingerprint density at radius 1 is 0.966 bits per heavy atom. The summed E-state index contributed by atoms with van der Waals surface area (Å²) in [6, 6.07) is 18.6. The number of rotatable bonds is 8. The average molecular weight is 391 g/mol. The minimum atomic E-state index is -0.305. The minimum absolute atomic E-state index is 0.244. The van der Waals surface area contributed by atoms with Crippen LogP contribution in [0.4, 0.5) is 22.9 Å². The normalized spacial score (nSPS) is 10.3. The third kappa shape index (κ3) is 5.22. The lowest BCUT2D eigenvalue weighted by atomic mass is 10.2. The van der Waals surface area contributed by atoms with Crippen LogP contribution in [-0.4, -0.2) is 36.3 Å². The molecule has 1 aromatic heterocycles. The molecule has 2 aromatic carbocycles. The lowest BCUT2D eigenvalue weighted by molar-refractivity contribution is 0.102. The largest absolute Gasteiger partial charge is 0.497 e. The van der Waals surface area contributed by atoms with E-state index >= 15 is 0 Å². The van der Waals surface area contributed by atoms with Crippen molar-refractivity contribution in [3.8, 4) is 5.75 Å². The summed E-state index contributed by atoms with van der Waals surface area (Å²) < 4.78 is 5.20. The monoisotopic (exact) mass is 391 g/mol. The number of carbonyl (C=O) groups excluding carboxylic acids is 1. The molecule has 0 unspecified atom stereocenters. The number of nitrogens with zero attached hydrogens (tertiary/aromatic N) is 3. The number of hydrogen-bond donors (Lipinski definition) is 2. The van der Waals surface area contributed by atoms with Crippen molar-refractivity contribution >= 4 is 28.8 Å². The van der Waals surface area contributed by atoms with Crippen molar-refractivity contribution in [3.63, 3.8) is 0 Å². The lowest BCUT2D eigenvalue weighted by Gasteiger charge is -2.21. The number of nitrogens with one attached hydrogen (secondary N) is 2. The molecule has 0 bridgehead atoms. The highest BCUT2D eigenvalue weighted by molar-refractivity contribution is 6.02. The van der Waals surface area contributed by atoms with E-state index in [-0.39, 0.29) is 11.6 Å². The first-order valence-electron chi connectivity index (χ1n) is 9.54. The molecule has 0 saturated heterocycles. The van der Waals surface area contributed by atoms with Gasteiger partial charge in [-0.1, -0.05) is 6.07 Å². The molecule has 3 aromatic rings. The maximum absolute atomic E-state index is 12.4. The fourth-order valence-corrected chi connectivity index (χ4v) is 2.91. The van der Waals surface area contributed by atoms with Crippen LogP contribution in [0.25, 0.3) is 0 Å². The summed E-state index contributed by atoms with van der Waals surface area (Å²) in [5, 5.41) is 14.1. The number of methoxy groups -OCH3 is 1. The smallest absolute Gasteiger partial charge is 0.276 e. The van der Waals surface area contributed by atoms with Gasteiger partial charge in [0.15, 0.2) is 11.5 Å². The predicted octanol–water partition coefficient (Wildman–Crippen LogP) is 4.33. The van der Waals surface area contributed by atoms with Crippen LogP contribution in [0, 0.1) is 0 Å². The maximum Gasteiger partial charge on any atom is 0.276 e. The predicted molar refractivity (Wildman–Crippen MR) is 116 cm³/mol. The van der Waals surface area contributed by atoms with Gasteiger partial charge >= 0.3 is 0 Å². The van der Waals surface area contributed by atoms with Crippen LogP contribution in [-0.2, 0) is 0 Å². The van der Waals surface area contributed by atoms with Gasteiger partial charge < -0.3 is 20.3 Å². The van der Waals surface area contributed by atoms with Crippen molar-refractivity contribution in [2.24, 2.45) is 0 Å². The van der Waals surface area contributed by atoms with Gasteiger partial charge in [0.2, 0.25) is 0 Å². The summed E-state index contributed by atoms with van der Waals surface area (Å²) in [7, 11) is 1.61. The van der Waals surface area contributed by atoms with E-state index in [2.05, 4.69) is 39.6 Å². The molecule has 7 heteroatoms. The first-order valence-corrected chi connectivity index (χ1v) is 9.54. The molecule has 0 aliphatic carbocycles. The Morgan fingerprint density at radius 2 is 1.72 bits per heavy atom. The van der Waals surface area contributed by atoms with Gasteiger partial charge in [-0.3, -0.25) is 4.79 Å². The molecule has 0 atom stereocenters. The zero-order valence-electron chi connectivity index (χ0n) is 16.8. The Hall–Kier alpha value is -3.61. The second kappa shape index (κ2) is 9.54. The van der Waals surface area contributed by atoms with E-state index in [1.807, 2.05) is 48.5 Å². The Labute approximate surface area is 170 Å². The highest BCUT2D eigenvalue weighted by Gasteiger charge is 2.10. The zero-order valence-corrected chi connectivity index (χ0v) is 16.8. The van der Waals surface area contributed by atoms with Gasteiger partial charge in [0.25, 0.3) is 5.91 Å². The molecule has 0 aliphatic heterocycles. The summed E-state index contributed by atoms with van der Waals surface area (Å²) in [5.74, 6) is 0.977. The SMILES string of the molecule is CCN(CC)c1ccc(NC(=O)c2ccc(Nc3cccc(OC)c3)nn2)cc1. The summed E-state index contributed by atoms with van der Waals surface area (Å²) in [6.07, 6.45) is 0. The van der Waals surface area contributed by atoms with Crippen LogP contribution in [0.5, 0.6) is 5.75 Å². The molecular formula is C22H25N5O2. The number of ether oxygens (including phenoxy) is 1. The van der Waals surface area contributed by atoms with E-state index < -0.39 is 0 Å². The molecule has 0 saturated carbocycles. The van der Waals surface area contributed by atoms with E-state index in [9.17, 15) is 4.79 Å². The number of amides is 1. The summed E-state index contributed by atoms with van der Waals surface area (Å²) in [5.41, 5.74) is 2.91. The number of aromatic nitrogens is 2. The van der Waals surface area contributed by atoms with Crippen LogP contribution in [0.15, 0.2) is 60.7 Å². The molecule has 29 heavy (non-hydrogen) atoms. The van der Waals surface area contributed by atoms with Crippen molar-refractivity contribution in [2.75, 3.05) is 35.7 Å². The summed E-state index contributed by atoms with van der Waals surface area (Å²) >= 11 is 0. The van der Waals surface area contributed by atoms with Gasteiger partial charge in [-0.2, -0.15) is 0 Å². The standard InChI is InChI=1S/C22H25N5O2/c1-4-27(5-2)18-11-9-16(10-12-18)24-22(28)20-13-14-21(26-25-20)23-17-7-6-8-19(15-17)29-3/h6-15H,4-5H2,1-3H3,(H,23,26)(H,24,28). The number of hydrogen-bond acceptors (Lipinski definition) is 6. The van der Waals surface area contributed by atoms with Crippen LogP contribution < -0.4 is 20.3 Å². The van der Waals surface area contributed by atoms with Gasteiger partial charge in [0.05, 0.1) is 7.11 Å². The van der Waals surface area contributed by atoms with Crippen molar-refractivity contribution in [1.29, 1.82) is 0 Å². The molecule has 1 heterocycles. The lowest BCUT2D eigenvalue weighted by Crippen LogP contribution is -2.21. The van der Waals surface area contributed by atoms with Crippen molar-refractivity contribution in [3.05, 3.63) is 66.4 Å². The molecular weight excluding hydrogens is 366 g/mol. The molecule has 1 amide bonds. The average Bonchev–Trinajstić information content (AvgIpc) is 2.76. The number of carbonyl (C=O) groups is 1. The Balaban J connectivity index is 1.62. The molecule has 150 valence electrons. The van der Waals surface area contributed by atoms with Crippen LogP contribution in [0.3, 0.4) is 0 Å². The highest BCUT2D eigenvalue weighted by atomic mass is 16.5. The molecule has 3 rings (SSSR count). The Morgan fingerprint density at radius 3 is 2.34 bits per heavy atom. The topological polar surface area (TPSA) is 79.4 Å². The quantitative estimate of drug-likeness (QED) is 0.595. The zero-order chi connectivity index (χ0) is 20.6. The van der Waals surface area contributed by atoms with Crippen molar-refractivity contribution in [1.82, 2.24) is 10.2 Å². The van der Waals surface area contributed by atoms with Crippen molar-refractivity contribution in [2.45, 2.75) is 13.8 Å². The Kier molecular flexibility index (Phi) is 6.63. The molecule has 0 aliphatic rings. The van der Waals surface area contributed by atoms with Crippen LogP contribution >= 0.6 is 0 Å². The van der Waals surface area contributed by atoms with Gasteiger partial charge in [0.1, 0.15) is 5.75 Å². The highest BCUT2D eigenvalue weighted by Crippen LogP contribution is 2.20. The molecule has 0 spiro atoms. The van der Waals surface area contributed by atoms with Gasteiger partial charge in [-0.15, -0.1) is 10.2 Å². The second-order valence-corrected chi connectivity index (χ2v) is 6.33. The fourth-order valence-electron chi connectivity index (χ4n) is 2.91. The van der Waals surface area contributed by atoms with E-state index in [0.29, 0.717) is 11.5 Å². The van der Waals surface area contributed by atoms with E-state index in [4.69, 9.17) is 4.74 Å². The summed E-state index contributed by atoms with van der Waals surface area (Å²) in [4.78, 5) is 14.7. The molecule has 0 radical (unpaired) electrons. The molecule has 7 nitrogen and oxygen atoms in total. The van der Waals surface area contributed by atoms with Crippen LogP contribution in [0.2, 0.25) is 0 Å². The van der Waals surface area contributed by atoms with E-state index in [1.165, 1.54) is 0 Å². The maximum atomic E-state index is 12.4. The van der Waals surface area contributed by atoms with Crippen LogP contribution in [0.1, 0.15) is 24.3 Å². The van der Waals surface area contributed by atoms with Gasteiger partial charge in [-0.25, -0.2) is 0 Å². The molecule has 2 N–H and O–H groups in total. The second-order valence-electron chi connectivity index (χ2n) is 6.33. The third-order valence-electron chi connectivity index (χ3n) is 4.49. The summed E-state index contributed by atoms with van der Waals surface area (Å²) in [6.45, 7) is 6.11. The van der Waals surface area contributed by atoms with E-state index in [1.54, 1.807) is 19.2 Å². The molecule has 0 fully saturated rings. The fraction of sp³-hybridized carbons (Fsp3) is 0.227. The minimum Gasteiger partial charge on any atom is -0.497 e. The number of anilines is 4. The first-order chi connectivity index (χ1) is 14.1. The third-order valence-corrected chi connectivity index (χ3v) is 4.49. The number of benzene rings is 2. The first kappa shape index (κ1) is 20.1. The van der Waals surface area contributed by atoms with Crippen molar-refractivity contribution < 1.29 is 9.53 Å². The van der Waals surface area contributed by atoms with E-state index in [0.717, 1.165) is 30.2 Å². The van der Waals surface area contributed by atoms with Gasteiger partial charge in [0, 0.05) is 36.2 Å².